The summed E-state index contributed by atoms with van der Waals surface area (Å²) in [6.45, 7) is 1.83. The van der Waals surface area contributed by atoms with E-state index in [1.165, 1.54) is 0 Å². The van der Waals surface area contributed by atoms with Crippen LogP contribution in [0.15, 0.2) is 66.7 Å². The van der Waals surface area contributed by atoms with Gasteiger partial charge in [-0.2, -0.15) is 0 Å². The van der Waals surface area contributed by atoms with Gasteiger partial charge >= 0.3 is 0 Å². The van der Waals surface area contributed by atoms with E-state index in [4.69, 9.17) is 5.21 Å². The zero-order chi connectivity index (χ0) is 15.4. The van der Waals surface area contributed by atoms with E-state index in [0.29, 0.717) is 0 Å². The third kappa shape index (κ3) is 2.87. The van der Waals surface area contributed by atoms with Crippen molar-refractivity contribution in [2.75, 3.05) is 18.0 Å². The largest absolute Gasteiger partial charge is 0.364 e. The van der Waals surface area contributed by atoms with Crippen molar-refractivity contribution in [1.29, 1.82) is 0 Å². The summed E-state index contributed by atoms with van der Waals surface area (Å²) in [6.07, 6.45) is 4.28. The molecule has 1 aliphatic rings. The number of nitrogens with zero attached hydrogens (tertiary/aromatic N) is 1. The number of nitrogens with one attached hydrogen (secondary N) is 1. The molecule has 1 amide bonds. The highest BCUT2D eigenvalue weighted by Crippen LogP contribution is 2.27. The van der Waals surface area contributed by atoms with Crippen molar-refractivity contribution in [3.63, 3.8) is 0 Å². The second kappa shape index (κ2) is 6.45. The van der Waals surface area contributed by atoms with Gasteiger partial charge < -0.3 is 4.90 Å². The van der Waals surface area contributed by atoms with Gasteiger partial charge in [0.15, 0.2) is 0 Å². The number of anilines is 1. The SMILES string of the molecule is O=C(NO)C(c1ccccc1)c1ccc(N2CC=CC2)cc1. The van der Waals surface area contributed by atoms with E-state index >= 15 is 0 Å². The van der Waals surface area contributed by atoms with E-state index in [-0.39, 0.29) is 0 Å². The van der Waals surface area contributed by atoms with Gasteiger partial charge in [0.1, 0.15) is 0 Å². The molecule has 0 saturated heterocycles. The summed E-state index contributed by atoms with van der Waals surface area (Å²) >= 11 is 0. The molecule has 2 aromatic carbocycles. The number of rotatable bonds is 4. The maximum atomic E-state index is 12.1. The Kier molecular flexibility index (Phi) is 4.21. The van der Waals surface area contributed by atoms with E-state index < -0.39 is 11.8 Å². The predicted octanol–water partition coefficient (Wildman–Crippen LogP) is 2.70. The Bertz CT molecular complexity index is 657. The topological polar surface area (TPSA) is 52.6 Å². The van der Waals surface area contributed by atoms with Gasteiger partial charge in [0.05, 0.1) is 5.92 Å². The average Bonchev–Trinajstić information content (AvgIpc) is 3.11. The summed E-state index contributed by atoms with van der Waals surface area (Å²) in [7, 11) is 0. The van der Waals surface area contributed by atoms with Crippen LogP contribution in [0.3, 0.4) is 0 Å². The monoisotopic (exact) mass is 294 g/mol. The van der Waals surface area contributed by atoms with E-state index in [9.17, 15) is 4.79 Å². The maximum absolute atomic E-state index is 12.1. The van der Waals surface area contributed by atoms with Gasteiger partial charge in [-0.05, 0) is 23.3 Å². The molecule has 0 radical (unpaired) electrons. The molecule has 0 aromatic heterocycles. The Balaban J connectivity index is 1.89. The van der Waals surface area contributed by atoms with Crippen LogP contribution in [-0.2, 0) is 4.79 Å². The van der Waals surface area contributed by atoms with Gasteiger partial charge in [0.25, 0.3) is 5.91 Å². The molecule has 1 heterocycles. The fourth-order valence-corrected chi connectivity index (χ4v) is 2.77. The van der Waals surface area contributed by atoms with Crippen LogP contribution < -0.4 is 10.4 Å². The Morgan fingerprint density at radius 2 is 1.55 bits per heavy atom. The molecule has 1 aliphatic heterocycles. The molecule has 4 heteroatoms. The van der Waals surface area contributed by atoms with E-state index in [2.05, 4.69) is 17.1 Å². The fraction of sp³-hybridized carbons (Fsp3) is 0.167. The van der Waals surface area contributed by atoms with E-state index in [1.54, 1.807) is 5.48 Å². The first-order valence-electron chi connectivity index (χ1n) is 7.28. The van der Waals surface area contributed by atoms with Crippen LogP contribution in [0, 0.1) is 0 Å². The molecule has 112 valence electrons. The molecule has 0 saturated carbocycles. The highest BCUT2D eigenvalue weighted by molar-refractivity contribution is 5.86. The van der Waals surface area contributed by atoms with Gasteiger partial charge in [0.2, 0.25) is 0 Å². The van der Waals surface area contributed by atoms with Gasteiger partial charge in [-0.1, -0.05) is 54.6 Å². The number of benzene rings is 2. The van der Waals surface area contributed by atoms with Crippen LogP contribution in [0.5, 0.6) is 0 Å². The Labute approximate surface area is 129 Å². The first-order valence-corrected chi connectivity index (χ1v) is 7.28. The number of hydroxylamine groups is 1. The lowest BCUT2D eigenvalue weighted by atomic mass is 9.90. The van der Waals surface area contributed by atoms with Crippen LogP contribution in [0.2, 0.25) is 0 Å². The third-order valence-electron chi connectivity index (χ3n) is 3.92. The van der Waals surface area contributed by atoms with Gasteiger partial charge in [-0.15, -0.1) is 0 Å². The maximum Gasteiger partial charge on any atom is 0.255 e. The van der Waals surface area contributed by atoms with E-state index in [1.807, 2.05) is 54.6 Å². The molecule has 22 heavy (non-hydrogen) atoms. The van der Waals surface area contributed by atoms with Crippen molar-refractivity contribution in [2.45, 2.75) is 5.92 Å². The van der Waals surface area contributed by atoms with Gasteiger partial charge in [-0.25, -0.2) is 5.48 Å². The second-order valence-electron chi connectivity index (χ2n) is 5.29. The summed E-state index contributed by atoms with van der Waals surface area (Å²) < 4.78 is 0. The second-order valence-corrected chi connectivity index (χ2v) is 5.29. The molecule has 2 N–H and O–H groups in total. The van der Waals surface area contributed by atoms with Gasteiger partial charge in [-0.3, -0.25) is 10.0 Å². The van der Waals surface area contributed by atoms with Crippen molar-refractivity contribution < 1.29 is 10.0 Å². The molecule has 1 atom stereocenters. The molecule has 0 aliphatic carbocycles. The van der Waals surface area contributed by atoms with Crippen molar-refractivity contribution in [2.24, 2.45) is 0 Å². The summed E-state index contributed by atoms with van der Waals surface area (Å²) in [5, 5.41) is 9.04. The number of hydrogen-bond acceptors (Lipinski definition) is 3. The van der Waals surface area contributed by atoms with Crippen LogP contribution in [0.25, 0.3) is 0 Å². The van der Waals surface area contributed by atoms with Crippen molar-refractivity contribution in [3.05, 3.63) is 77.9 Å². The summed E-state index contributed by atoms with van der Waals surface area (Å²) in [5.41, 5.74) is 4.61. The molecule has 3 rings (SSSR count). The summed E-state index contributed by atoms with van der Waals surface area (Å²) in [5.74, 6) is -0.946. The molecule has 1 unspecified atom stereocenters. The third-order valence-corrected chi connectivity index (χ3v) is 3.92. The summed E-state index contributed by atoms with van der Waals surface area (Å²) in [6, 6.07) is 17.4. The molecule has 4 nitrogen and oxygen atoms in total. The van der Waals surface area contributed by atoms with E-state index in [0.717, 1.165) is 29.9 Å². The molecule has 0 spiro atoms. The Morgan fingerprint density at radius 1 is 0.955 bits per heavy atom. The normalized spacial score (nSPS) is 14.9. The smallest absolute Gasteiger partial charge is 0.255 e. The Hall–Kier alpha value is -2.59. The number of carbonyl (C=O) groups excluding carboxylic acids is 1. The molecule has 0 fully saturated rings. The van der Waals surface area contributed by atoms with Crippen LogP contribution in [0.4, 0.5) is 5.69 Å². The minimum atomic E-state index is -0.517. The van der Waals surface area contributed by atoms with Crippen LogP contribution in [0.1, 0.15) is 17.0 Å². The molecule has 0 bridgehead atoms. The summed E-state index contributed by atoms with van der Waals surface area (Å²) in [4.78, 5) is 14.3. The molecule has 2 aromatic rings. The average molecular weight is 294 g/mol. The van der Waals surface area contributed by atoms with Crippen molar-refractivity contribution in [1.82, 2.24) is 5.48 Å². The lowest BCUT2D eigenvalue weighted by molar-refractivity contribution is -0.129. The quantitative estimate of drug-likeness (QED) is 0.518. The Morgan fingerprint density at radius 3 is 2.14 bits per heavy atom. The lowest BCUT2D eigenvalue weighted by Gasteiger charge is -2.20. The number of hydrogen-bond donors (Lipinski definition) is 2. The zero-order valence-corrected chi connectivity index (χ0v) is 12.1. The van der Waals surface area contributed by atoms with Gasteiger partial charge in [0, 0.05) is 18.8 Å². The van der Waals surface area contributed by atoms with Crippen molar-refractivity contribution in [3.8, 4) is 0 Å². The zero-order valence-electron chi connectivity index (χ0n) is 12.1. The molecular formula is C18H18N2O2. The van der Waals surface area contributed by atoms with Crippen LogP contribution in [-0.4, -0.2) is 24.2 Å². The first kappa shape index (κ1) is 14.4. The number of amides is 1. The predicted molar refractivity (Wildman–Crippen MR) is 86.0 cm³/mol. The highest BCUT2D eigenvalue weighted by Gasteiger charge is 2.22. The minimum Gasteiger partial charge on any atom is -0.364 e. The molecular weight excluding hydrogens is 276 g/mol. The highest BCUT2D eigenvalue weighted by atomic mass is 16.5. The first-order chi connectivity index (χ1) is 10.8. The lowest BCUT2D eigenvalue weighted by Crippen LogP contribution is -2.27. The van der Waals surface area contributed by atoms with Crippen molar-refractivity contribution >= 4 is 11.6 Å². The number of carbonyl (C=O) groups is 1. The fourth-order valence-electron chi connectivity index (χ4n) is 2.77. The standard InChI is InChI=1S/C18H18N2O2/c21-18(19-22)17(14-6-2-1-3-7-14)15-8-10-16(11-9-15)20-12-4-5-13-20/h1-11,17,22H,12-13H2,(H,19,21). The minimum absolute atomic E-state index is 0.429. The van der Waals surface area contributed by atoms with Crippen LogP contribution >= 0.6 is 0 Å².